The molecule has 0 aromatic carbocycles. The fourth-order valence-corrected chi connectivity index (χ4v) is 2.72. The van der Waals surface area contributed by atoms with E-state index >= 15 is 0 Å². The van der Waals surface area contributed by atoms with E-state index in [1.165, 1.54) is 0 Å². The molecule has 9 heteroatoms. The molecule has 0 aliphatic rings. The Bertz CT molecular complexity index is 590. The molecular formula is C9H5Br2N3O3S. The lowest BCUT2D eigenvalue weighted by atomic mass is 10.3. The molecule has 0 saturated heterocycles. The van der Waals surface area contributed by atoms with Crippen LogP contribution >= 0.6 is 43.6 Å². The SMILES string of the molecule is O=C(O)CSc1nc(-c2ncc(Br)cc2Br)no1. The number of hydrogen-bond donors (Lipinski definition) is 1. The van der Waals surface area contributed by atoms with Crippen molar-refractivity contribution in [1.29, 1.82) is 0 Å². The van der Waals surface area contributed by atoms with Crippen molar-refractivity contribution >= 4 is 49.6 Å². The van der Waals surface area contributed by atoms with Gasteiger partial charge in [0, 0.05) is 15.1 Å². The molecule has 1 N–H and O–H groups in total. The largest absolute Gasteiger partial charge is 0.481 e. The van der Waals surface area contributed by atoms with Gasteiger partial charge in [0.1, 0.15) is 11.4 Å². The van der Waals surface area contributed by atoms with Crippen LogP contribution in [0.2, 0.25) is 0 Å². The van der Waals surface area contributed by atoms with Gasteiger partial charge in [0.05, 0.1) is 0 Å². The first kappa shape index (κ1) is 13.5. The van der Waals surface area contributed by atoms with Gasteiger partial charge >= 0.3 is 5.97 Å². The summed E-state index contributed by atoms with van der Waals surface area (Å²) in [6.45, 7) is 0. The van der Waals surface area contributed by atoms with Crippen LogP contribution in [-0.4, -0.2) is 32.0 Å². The van der Waals surface area contributed by atoms with Crippen molar-refractivity contribution in [2.45, 2.75) is 5.22 Å². The summed E-state index contributed by atoms with van der Waals surface area (Å²) in [6, 6.07) is 1.81. The Hall–Kier alpha value is -0.930. The second-order valence-electron chi connectivity index (χ2n) is 3.05. The first-order valence-corrected chi connectivity index (χ1v) is 7.13. The van der Waals surface area contributed by atoms with Crippen molar-refractivity contribution in [2.75, 3.05) is 5.75 Å². The minimum Gasteiger partial charge on any atom is -0.481 e. The van der Waals surface area contributed by atoms with Gasteiger partial charge in [0.25, 0.3) is 5.22 Å². The highest BCUT2D eigenvalue weighted by Gasteiger charge is 2.14. The number of hydrogen-bond acceptors (Lipinski definition) is 6. The normalized spacial score (nSPS) is 10.6. The number of pyridine rings is 1. The molecule has 0 fully saturated rings. The lowest BCUT2D eigenvalue weighted by molar-refractivity contribution is -0.133. The topological polar surface area (TPSA) is 89.1 Å². The Morgan fingerprint density at radius 2 is 2.28 bits per heavy atom. The van der Waals surface area contributed by atoms with Gasteiger partial charge in [-0.15, -0.1) is 0 Å². The Balaban J connectivity index is 2.21. The Morgan fingerprint density at radius 3 is 2.94 bits per heavy atom. The van der Waals surface area contributed by atoms with Crippen LogP contribution in [0.3, 0.4) is 0 Å². The molecule has 94 valence electrons. The van der Waals surface area contributed by atoms with E-state index in [4.69, 9.17) is 9.63 Å². The lowest BCUT2D eigenvalue weighted by Gasteiger charge is -1.97. The van der Waals surface area contributed by atoms with E-state index in [0.29, 0.717) is 16.0 Å². The van der Waals surface area contributed by atoms with Crippen molar-refractivity contribution in [3.05, 3.63) is 21.2 Å². The van der Waals surface area contributed by atoms with E-state index in [2.05, 4.69) is 47.0 Å². The predicted molar refractivity (Wildman–Crippen MR) is 71.3 cm³/mol. The third kappa shape index (κ3) is 3.30. The number of halogens is 2. The molecule has 0 amide bonds. The number of carbonyl (C=O) groups is 1. The van der Waals surface area contributed by atoms with E-state index in [-0.39, 0.29) is 11.0 Å². The predicted octanol–water partition coefficient (Wildman–Crippen LogP) is 2.83. The number of carboxylic acids is 1. The van der Waals surface area contributed by atoms with Crippen LogP contribution in [0.1, 0.15) is 0 Å². The van der Waals surface area contributed by atoms with Gasteiger partial charge in [-0.3, -0.25) is 9.78 Å². The molecule has 0 radical (unpaired) electrons. The quantitative estimate of drug-likeness (QED) is 0.797. The minimum atomic E-state index is -0.942. The van der Waals surface area contributed by atoms with Gasteiger partial charge in [-0.25, -0.2) is 0 Å². The first-order valence-electron chi connectivity index (χ1n) is 4.56. The van der Waals surface area contributed by atoms with Crippen molar-refractivity contribution < 1.29 is 14.4 Å². The maximum absolute atomic E-state index is 10.4. The highest BCUT2D eigenvalue weighted by Crippen LogP contribution is 2.27. The lowest BCUT2D eigenvalue weighted by Crippen LogP contribution is -1.97. The average Bonchev–Trinajstić information content (AvgIpc) is 2.75. The monoisotopic (exact) mass is 393 g/mol. The molecule has 0 aliphatic heterocycles. The van der Waals surface area contributed by atoms with Crippen LogP contribution in [0.15, 0.2) is 31.0 Å². The second kappa shape index (κ2) is 5.81. The minimum absolute atomic E-state index is 0.128. The van der Waals surface area contributed by atoms with Gasteiger partial charge in [0.2, 0.25) is 5.82 Å². The summed E-state index contributed by atoms with van der Waals surface area (Å²) in [7, 11) is 0. The summed E-state index contributed by atoms with van der Waals surface area (Å²) in [5.74, 6) is -0.763. The summed E-state index contributed by atoms with van der Waals surface area (Å²) in [6.07, 6.45) is 1.61. The zero-order valence-electron chi connectivity index (χ0n) is 8.63. The van der Waals surface area contributed by atoms with Crippen molar-refractivity contribution in [1.82, 2.24) is 15.1 Å². The standard InChI is InChI=1S/C9H5Br2N3O3S/c10-4-1-5(11)7(12-2-4)8-13-9(17-14-8)18-3-6(15)16/h1-2H,3H2,(H,15,16). The Labute approximate surface area is 122 Å². The summed E-state index contributed by atoms with van der Waals surface area (Å²) < 4.78 is 6.46. The zero-order chi connectivity index (χ0) is 13.1. The van der Waals surface area contributed by atoms with Gasteiger partial charge in [-0.2, -0.15) is 4.98 Å². The van der Waals surface area contributed by atoms with E-state index in [1.807, 2.05) is 6.07 Å². The molecular weight excluding hydrogens is 390 g/mol. The van der Waals surface area contributed by atoms with Crippen LogP contribution in [0.5, 0.6) is 0 Å². The molecule has 18 heavy (non-hydrogen) atoms. The van der Waals surface area contributed by atoms with Crippen LogP contribution < -0.4 is 0 Å². The molecule has 0 unspecified atom stereocenters. The molecule has 2 aromatic rings. The molecule has 2 aromatic heterocycles. The Kier molecular flexibility index (Phi) is 4.36. The molecule has 0 bridgehead atoms. The number of thioether (sulfide) groups is 1. The summed E-state index contributed by atoms with van der Waals surface area (Å²) in [4.78, 5) is 18.6. The van der Waals surface area contributed by atoms with Gasteiger partial charge in [0.15, 0.2) is 0 Å². The van der Waals surface area contributed by atoms with Gasteiger partial charge in [-0.1, -0.05) is 16.9 Å². The third-order valence-electron chi connectivity index (χ3n) is 1.75. The van der Waals surface area contributed by atoms with Crippen LogP contribution in [0.4, 0.5) is 0 Å². The maximum atomic E-state index is 10.4. The van der Waals surface area contributed by atoms with E-state index < -0.39 is 5.97 Å². The highest BCUT2D eigenvalue weighted by atomic mass is 79.9. The first-order chi connectivity index (χ1) is 8.56. The molecule has 0 aliphatic carbocycles. The molecule has 0 atom stereocenters. The molecule has 0 spiro atoms. The number of rotatable bonds is 4. The van der Waals surface area contributed by atoms with Crippen molar-refractivity contribution in [3.63, 3.8) is 0 Å². The van der Waals surface area contributed by atoms with E-state index in [1.54, 1.807) is 6.20 Å². The highest BCUT2D eigenvalue weighted by molar-refractivity contribution is 9.11. The maximum Gasteiger partial charge on any atom is 0.314 e. The second-order valence-corrected chi connectivity index (χ2v) is 5.75. The Morgan fingerprint density at radius 1 is 1.50 bits per heavy atom. The van der Waals surface area contributed by atoms with Crippen molar-refractivity contribution in [3.8, 4) is 11.5 Å². The van der Waals surface area contributed by atoms with Crippen LogP contribution in [-0.2, 0) is 4.79 Å². The van der Waals surface area contributed by atoms with Gasteiger partial charge < -0.3 is 9.63 Å². The summed E-state index contributed by atoms with van der Waals surface area (Å²) >= 11 is 7.59. The number of aromatic nitrogens is 3. The van der Waals surface area contributed by atoms with E-state index in [9.17, 15) is 4.79 Å². The fourth-order valence-electron chi connectivity index (χ4n) is 1.07. The molecule has 2 heterocycles. The average molecular weight is 395 g/mol. The van der Waals surface area contributed by atoms with Crippen LogP contribution in [0, 0.1) is 0 Å². The molecule has 2 rings (SSSR count). The zero-order valence-corrected chi connectivity index (χ0v) is 12.6. The third-order valence-corrected chi connectivity index (χ3v) is 3.59. The summed E-state index contributed by atoms with van der Waals surface area (Å²) in [5.41, 5.74) is 0.532. The molecule has 6 nitrogen and oxygen atoms in total. The van der Waals surface area contributed by atoms with E-state index in [0.717, 1.165) is 16.2 Å². The molecule has 0 saturated carbocycles. The number of nitrogens with zero attached hydrogens (tertiary/aromatic N) is 3. The van der Waals surface area contributed by atoms with Crippen LogP contribution in [0.25, 0.3) is 11.5 Å². The van der Waals surface area contributed by atoms with Gasteiger partial charge in [-0.05, 0) is 37.9 Å². The smallest absolute Gasteiger partial charge is 0.314 e. The summed E-state index contributed by atoms with van der Waals surface area (Å²) in [5, 5.41) is 12.5. The fraction of sp³-hybridized carbons (Fsp3) is 0.111. The number of aliphatic carboxylic acids is 1. The van der Waals surface area contributed by atoms with Crippen molar-refractivity contribution in [2.24, 2.45) is 0 Å². The number of carboxylic acid groups (broad SMARTS) is 1.